The Balaban J connectivity index is 3.62. The average Bonchev–Trinajstić information content (AvgIpc) is 2.60. The SMILES string of the molecule is C=Cc1ccccc1[Si](C)(O[Si](C)(C)C)O[Si](C)(C)C[Si](OO[Si](C)(C)C)(O[Si](C)(C)C)O[Si](C)(C)C. The van der Waals surface area contributed by atoms with E-state index < -0.39 is 59.0 Å². The molecule has 0 saturated carbocycles. The third-order valence-electron chi connectivity index (χ3n) is 4.63. The van der Waals surface area contributed by atoms with E-state index in [0.29, 0.717) is 5.67 Å². The molecule has 1 unspecified atom stereocenters. The summed E-state index contributed by atoms with van der Waals surface area (Å²) in [6, 6.07) is 8.33. The minimum Gasteiger partial charge on any atom is -0.433 e. The van der Waals surface area contributed by atoms with Gasteiger partial charge in [0.2, 0.25) is 8.32 Å². The van der Waals surface area contributed by atoms with Crippen molar-refractivity contribution in [3.8, 4) is 0 Å². The molecule has 0 heterocycles. The van der Waals surface area contributed by atoms with Crippen LogP contribution in [0.4, 0.5) is 0 Å². The summed E-state index contributed by atoms with van der Waals surface area (Å²) in [5, 5.41) is 1.12. The highest BCUT2D eigenvalue weighted by Gasteiger charge is 2.56. The monoisotopic (exact) mass is 634 g/mol. The molecule has 0 aromatic heterocycles. The van der Waals surface area contributed by atoms with Gasteiger partial charge in [0, 0.05) is 5.67 Å². The van der Waals surface area contributed by atoms with E-state index in [4.69, 9.17) is 25.6 Å². The molecule has 0 aliphatic heterocycles. The average molecular weight is 635 g/mol. The molecule has 1 rings (SSSR count). The molecule has 0 bridgehead atoms. The maximum absolute atomic E-state index is 7.27. The van der Waals surface area contributed by atoms with Crippen molar-refractivity contribution in [3.63, 3.8) is 0 Å². The zero-order valence-corrected chi connectivity index (χ0v) is 33.3. The van der Waals surface area contributed by atoms with Gasteiger partial charge in [0.1, 0.15) is 0 Å². The van der Waals surface area contributed by atoms with Crippen LogP contribution in [0.25, 0.3) is 6.08 Å². The first-order valence-electron chi connectivity index (χ1n) is 13.2. The minimum absolute atomic E-state index is 0.604. The number of rotatable bonds is 15. The van der Waals surface area contributed by atoms with Gasteiger partial charge < -0.3 is 16.5 Å². The van der Waals surface area contributed by atoms with Crippen molar-refractivity contribution in [1.82, 2.24) is 0 Å². The van der Waals surface area contributed by atoms with E-state index in [-0.39, 0.29) is 0 Å². The van der Waals surface area contributed by atoms with Crippen LogP contribution >= 0.6 is 0 Å². The van der Waals surface area contributed by atoms with E-state index >= 15 is 0 Å². The van der Waals surface area contributed by atoms with Gasteiger partial charge >= 0.3 is 17.4 Å². The molecule has 13 heteroatoms. The summed E-state index contributed by atoms with van der Waals surface area (Å²) in [6.45, 7) is 36.8. The molecule has 1 atom stereocenters. The van der Waals surface area contributed by atoms with E-state index in [1.54, 1.807) is 0 Å². The largest absolute Gasteiger partial charge is 0.507 e. The molecule has 0 aliphatic carbocycles. The van der Waals surface area contributed by atoms with Gasteiger partial charge in [-0.05, 0) is 109 Å². The van der Waals surface area contributed by atoms with Crippen LogP contribution in [0.1, 0.15) is 5.56 Å². The Kier molecular flexibility index (Phi) is 11.8. The van der Waals surface area contributed by atoms with E-state index in [0.717, 1.165) is 10.8 Å². The second kappa shape index (κ2) is 12.4. The summed E-state index contributed by atoms with van der Waals surface area (Å²) in [7, 11) is -16.7. The smallest absolute Gasteiger partial charge is 0.433 e. The van der Waals surface area contributed by atoms with E-state index in [1.165, 1.54) is 0 Å². The highest BCUT2D eigenvalue weighted by atomic mass is 28.5. The molecule has 0 radical (unpaired) electrons. The van der Waals surface area contributed by atoms with E-state index in [9.17, 15) is 0 Å². The second-order valence-corrected chi connectivity index (χ2v) is 43.6. The first kappa shape index (κ1) is 35.3. The Morgan fingerprint density at radius 1 is 0.595 bits per heavy atom. The first-order valence-corrected chi connectivity index (χ1v) is 34.2. The fourth-order valence-electron chi connectivity index (χ4n) is 4.17. The maximum Gasteiger partial charge on any atom is 0.507 e. The van der Waals surface area contributed by atoms with Gasteiger partial charge in [0.05, 0.1) is 0 Å². The Hall–Kier alpha value is 0.238. The third kappa shape index (κ3) is 13.4. The molecule has 0 saturated heterocycles. The van der Waals surface area contributed by atoms with Crippen LogP contribution in [-0.2, 0) is 25.6 Å². The van der Waals surface area contributed by atoms with Crippen molar-refractivity contribution in [3.05, 3.63) is 36.4 Å². The van der Waals surface area contributed by atoms with Gasteiger partial charge in [0.25, 0.3) is 0 Å². The summed E-state index contributed by atoms with van der Waals surface area (Å²) in [6.07, 6.45) is 1.90. The fraction of sp³-hybridized carbons (Fsp3) is 0.667. The summed E-state index contributed by atoms with van der Waals surface area (Å²) >= 11 is 0. The van der Waals surface area contributed by atoms with Crippen molar-refractivity contribution in [1.29, 1.82) is 0 Å². The summed E-state index contributed by atoms with van der Waals surface area (Å²) < 4.78 is 40.5. The predicted octanol–water partition coefficient (Wildman–Crippen LogP) is 7.65. The summed E-state index contributed by atoms with van der Waals surface area (Å²) in [4.78, 5) is 0. The molecule has 0 N–H and O–H groups in total. The lowest BCUT2D eigenvalue weighted by Gasteiger charge is -2.45. The first-order chi connectivity index (χ1) is 16.3. The van der Waals surface area contributed by atoms with Crippen LogP contribution in [0, 0.1) is 0 Å². The van der Waals surface area contributed by atoms with Crippen molar-refractivity contribution in [2.24, 2.45) is 0 Å². The molecule has 1 aromatic rings. The number of hydrogen-bond acceptors (Lipinski definition) is 6. The van der Waals surface area contributed by atoms with Gasteiger partial charge in [-0.3, -0.25) is 4.58 Å². The molecular weight excluding hydrogens is 581 g/mol. The van der Waals surface area contributed by atoms with Gasteiger partial charge in [0.15, 0.2) is 33.3 Å². The lowest BCUT2D eigenvalue weighted by Crippen LogP contribution is -2.66. The van der Waals surface area contributed by atoms with Crippen molar-refractivity contribution < 1.29 is 25.6 Å². The minimum atomic E-state index is -3.26. The lowest BCUT2D eigenvalue weighted by molar-refractivity contribution is -0.157. The molecule has 1 aromatic carbocycles. The second-order valence-electron chi connectivity index (χ2n) is 14.4. The standard InChI is InChI=1S/C24H54O6Si7/c1-17-23-20-18-19-21-24(23)36(16,27-32(5,6)7)30-35(14,15)22-37(28-33(8,9)10,29-34(11,12)13)26-25-31(2,3)4/h17-21H,1,22H2,2-16H3. The highest BCUT2D eigenvalue weighted by molar-refractivity contribution is 6.99. The Labute approximate surface area is 235 Å². The van der Waals surface area contributed by atoms with Crippen LogP contribution < -0.4 is 5.19 Å². The fourth-order valence-corrected chi connectivity index (χ4v) is 32.6. The number of benzene rings is 1. The van der Waals surface area contributed by atoms with Gasteiger partial charge in [-0.1, -0.05) is 36.9 Å². The molecule has 0 fully saturated rings. The normalized spacial score (nSPS) is 16.0. The zero-order valence-electron chi connectivity index (χ0n) is 26.3. The van der Waals surface area contributed by atoms with Crippen molar-refractivity contribution >= 4 is 70.2 Å². The molecule has 37 heavy (non-hydrogen) atoms. The topological polar surface area (TPSA) is 55.4 Å². The van der Waals surface area contributed by atoms with Gasteiger partial charge in [-0.15, -0.1) is 0 Å². The molecule has 214 valence electrons. The van der Waals surface area contributed by atoms with E-state index in [1.807, 2.05) is 12.1 Å². The Bertz CT molecular complexity index is 885. The van der Waals surface area contributed by atoms with Crippen LogP contribution in [0.15, 0.2) is 30.8 Å². The Morgan fingerprint density at radius 2 is 1.05 bits per heavy atom. The summed E-state index contributed by atoms with van der Waals surface area (Å²) in [5.74, 6) is 0. The molecule has 0 amide bonds. The maximum atomic E-state index is 7.27. The van der Waals surface area contributed by atoms with E-state index in [2.05, 4.69) is 123 Å². The zero-order chi connectivity index (χ0) is 29.1. The number of hydrogen-bond donors (Lipinski definition) is 0. The van der Waals surface area contributed by atoms with Crippen LogP contribution in [0.3, 0.4) is 0 Å². The molecule has 0 spiro atoms. The highest BCUT2D eigenvalue weighted by Crippen LogP contribution is 2.34. The molecule has 6 nitrogen and oxygen atoms in total. The molecule has 0 aliphatic rings. The van der Waals surface area contributed by atoms with Crippen molar-refractivity contribution in [2.45, 2.75) is 104 Å². The quantitative estimate of drug-likeness (QED) is 0.112. The van der Waals surface area contributed by atoms with Crippen molar-refractivity contribution in [2.75, 3.05) is 0 Å². The van der Waals surface area contributed by atoms with Crippen LogP contribution in [0.5, 0.6) is 0 Å². The van der Waals surface area contributed by atoms with Gasteiger partial charge in [-0.2, -0.15) is 0 Å². The van der Waals surface area contributed by atoms with Crippen LogP contribution in [-0.4, -0.2) is 59.0 Å². The lowest BCUT2D eigenvalue weighted by atomic mass is 10.2. The van der Waals surface area contributed by atoms with Crippen LogP contribution in [0.2, 0.25) is 104 Å². The molecular formula is C24H54O6Si7. The summed E-state index contributed by atoms with van der Waals surface area (Å²) in [5.41, 5.74) is 1.67. The predicted molar refractivity (Wildman–Crippen MR) is 176 cm³/mol. The Morgan fingerprint density at radius 3 is 1.46 bits per heavy atom. The third-order valence-corrected chi connectivity index (χ3v) is 27.4. The van der Waals surface area contributed by atoms with Gasteiger partial charge in [-0.25, -0.2) is 4.58 Å².